The van der Waals surface area contributed by atoms with E-state index in [1.807, 2.05) is 0 Å². The normalized spacial score (nSPS) is 14.8. The number of rotatable bonds is 45. The first-order chi connectivity index (χ1) is 30.2. The van der Waals surface area contributed by atoms with Crippen LogP contribution in [0.5, 0.6) is 0 Å². The van der Waals surface area contributed by atoms with Crippen LogP contribution in [0.25, 0.3) is 0 Å². The third-order valence-corrected chi connectivity index (χ3v) is 11.7. The molecule has 0 heterocycles. The highest BCUT2D eigenvalue weighted by molar-refractivity contribution is 7.47. The molecule has 0 saturated heterocycles. The van der Waals surface area contributed by atoms with Crippen molar-refractivity contribution in [1.82, 2.24) is 0 Å². The molecule has 0 spiro atoms. The second-order valence-corrected chi connectivity index (χ2v) is 19.0. The van der Waals surface area contributed by atoms with Gasteiger partial charge >= 0.3 is 39.5 Å². The van der Waals surface area contributed by atoms with E-state index in [0.717, 1.165) is 89.9 Å². The molecule has 0 aliphatic rings. The lowest BCUT2D eigenvalue weighted by Gasteiger charge is -2.21. The third kappa shape index (κ3) is 40.1. The summed E-state index contributed by atoms with van der Waals surface area (Å²) < 4.78 is 66.1. The van der Waals surface area contributed by atoms with Crippen molar-refractivity contribution in [1.29, 1.82) is 0 Å². The number of aliphatic hydroxyl groups is 1. The summed E-state index contributed by atoms with van der Waals surface area (Å²) in [5.74, 6) is -2.23. The van der Waals surface area contributed by atoms with Crippen LogP contribution in [-0.4, -0.2) is 96.7 Å². The lowest BCUT2D eigenvalue weighted by atomic mass is 10.1. The van der Waals surface area contributed by atoms with Crippen molar-refractivity contribution >= 4 is 39.5 Å². The Morgan fingerprint density at radius 2 is 0.667 bits per heavy atom. The van der Waals surface area contributed by atoms with Gasteiger partial charge in [0.1, 0.15) is 19.3 Å². The molecular formula is C44H84O17P2. The maximum atomic E-state index is 12.7. The first kappa shape index (κ1) is 61.1. The van der Waals surface area contributed by atoms with Gasteiger partial charge in [0.2, 0.25) is 0 Å². The van der Waals surface area contributed by atoms with E-state index in [9.17, 15) is 43.2 Å². The predicted octanol–water partition coefficient (Wildman–Crippen LogP) is 10.1. The van der Waals surface area contributed by atoms with Crippen LogP contribution in [0.2, 0.25) is 0 Å². The van der Waals surface area contributed by atoms with E-state index >= 15 is 0 Å². The van der Waals surface area contributed by atoms with Crippen LogP contribution >= 0.6 is 15.6 Å². The summed E-state index contributed by atoms with van der Waals surface area (Å²) in [5, 5.41) is 10.3. The smallest absolute Gasteiger partial charge is 0.462 e. The van der Waals surface area contributed by atoms with Crippen molar-refractivity contribution in [2.24, 2.45) is 0 Å². The number of carbonyl (C=O) groups is 4. The van der Waals surface area contributed by atoms with Crippen molar-refractivity contribution in [3.63, 3.8) is 0 Å². The summed E-state index contributed by atoms with van der Waals surface area (Å²) in [5.41, 5.74) is 0. The zero-order valence-corrected chi connectivity index (χ0v) is 40.8. The topological polar surface area (TPSA) is 237 Å². The summed E-state index contributed by atoms with van der Waals surface area (Å²) >= 11 is 0. The minimum absolute atomic E-state index is 0.0537. The molecule has 0 aliphatic heterocycles. The van der Waals surface area contributed by atoms with E-state index in [2.05, 4.69) is 20.8 Å². The second-order valence-electron chi connectivity index (χ2n) is 16.1. The van der Waals surface area contributed by atoms with Crippen LogP contribution in [0.15, 0.2) is 0 Å². The Labute approximate surface area is 377 Å². The van der Waals surface area contributed by atoms with E-state index in [1.54, 1.807) is 6.92 Å². The van der Waals surface area contributed by atoms with Gasteiger partial charge in [0.05, 0.1) is 26.4 Å². The fraction of sp³-hybridized carbons (Fsp3) is 0.909. The molecule has 0 aromatic carbocycles. The van der Waals surface area contributed by atoms with Gasteiger partial charge in [0.15, 0.2) is 12.2 Å². The zero-order chi connectivity index (χ0) is 47.0. The van der Waals surface area contributed by atoms with Crippen molar-refractivity contribution in [2.75, 3.05) is 39.6 Å². The maximum Gasteiger partial charge on any atom is 0.472 e. The molecule has 63 heavy (non-hydrogen) atoms. The van der Waals surface area contributed by atoms with Crippen molar-refractivity contribution in [2.45, 2.75) is 219 Å². The van der Waals surface area contributed by atoms with Gasteiger partial charge in [-0.05, 0) is 25.7 Å². The largest absolute Gasteiger partial charge is 0.472 e. The number of ether oxygens (including phenoxy) is 4. The monoisotopic (exact) mass is 947 g/mol. The number of phosphoric acid groups is 2. The number of hydrogen-bond acceptors (Lipinski definition) is 15. The Bertz CT molecular complexity index is 1270. The Morgan fingerprint density at radius 1 is 0.381 bits per heavy atom. The molecule has 0 radical (unpaired) electrons. The van der Waals surface area contributed by atoms with E-state index in [0.29, 0.717) is 25.7 Å². The summed E-state index contributed by atoms with van der Waals surface area (Å²) in [7, 11) is -9.80. The van der Waals surface area contributed by atoms with Crippen molar-refractivity contribution in [3.8, 4) is 0 Å². The van der Waals surface area contributed by atoms with Crippen molar-refractivity contribution in [3.05, 3.63) is 0 Å². The van der Waals surface area contributed by atoms with E-state index in [-0.39, 0.29) is 25.7 Å². The minimum atomic E-state index is -4.91. The number of carbonyl (C=O) groups excluding carboxylic acids is 4. The molecule has 17 nitrogen and oxygen atoms in total. The molecule has 0 aromatic heterocycles. The highest BCUT2D eigenvalue weighted by Crippen LogP contribution is 2.45. The molecule has 19 heteroatoms. The van der Waals surface area contributed by atoms with Crippen molar-refractivity contribution < 1.29 is 80.2 Å². The molecular weight excluding hydrogens is 862 g/mol. The molecule has 2 unspecified atom stereocenters. The van der Waals surface area contributed by atoms with Gasteiger partial charge < -0.3 is 33.8 Å². The molecule has 372 valence electrons. The maximum absolute atomic E-state index is 12.7. The van der Waals surface area contributed by atoms with Gasteiger partial charge in [0, 0.05) is 25.7 Å². The van der Waals surface area contributed by atoms with Gasteiger partial charge in [-0.2, -0.15) is 0 Å². The summed E-state index contributed by atoms with van der Waals surface area (Å²) in [6, 6.07) is 0. The van der Waals surface area contributed by atoms with E-state index in [1.165, 1.54) is 32.1 Å². The fourth-order valence-corrected chi connectivity index (χ4v) is 7.72. The van der Waals surface area contributed by atoms with Crippen LogP contribution in [0, 0.1) is 0 Å². The minimum Gasteiger partial charge on any atom is -0.462 e. The van der Waals surface area contributed by atoms with Gasteiger partial charge in [-0.1, -0.05) is 150 Å². The van der Waals surface area contributed by atoms with Gasteiger partial charge in [-0.15, -0.1) is 0 Å². The Hall–Kier alpha value is -1.94. The Balaban J connectivity index is 5.03. The lowest BCUT2D eigenvalue weighted by Crippen LogP contribution is -2.30. The predicted molar refractivity (Wildman–Crippen MR) is 238 cm³/mol. The number of phosphoric ester groups is 2. The SMILES string of the molecule is CCCCCCCCCCC(=O)OC[C@H](COP(=O)(O)OC[C@@H](O)COP(=O)(O)OC[C@@H](COC(=O)CCCCCCCC)OC(=O)CCC)OC(=O)CCCCCCCCCC. The molecule has 0 fully saturated rings. The summed E-state index contributed by atoms with van der Waals surface area (Å²) in [4.78, 5) is 70.0. The first-order valence-corrected chi connectivity index (χ1v) is 26.8. The van der Waals surface area contributed by atoms with E-state index in [4.69, 9.17) is 37.0 Å². The highest BCUT2D eigenvalue weighted by atomic mass is 31.2. The molecule has 5 atom stereocenters. The van der Waals surface area contributed by atoms with Crippen LogP contribution in [0.3, 0.4) is 0 Å². The van der Waals surface area contributed by atoms with Gasteiger partial charge in [-0.25, -0.2) is 9.13 Å². The fourth-order valence-electron chi connectivity index (χ4n) is 6.14. The number of unbranched alkanes of at least 4 members (excludes halogenated alkanes) is 19. The molecule has 0 saturated carbocycles. The average Bonchev–Trinajstić information content (AvgIpc) is 3.24. The lowest BCUT2D eigenvalue weighted by molar-refractivity contribution is -0.161. The van der Waals surface area contributed by atoms with Gasteiger partial charge in [-0.3, -0.25) is 37.3 Å². The van der Waals surface area contributed by atoms with Gasteiger partial charge in [0.25, 0.3) is 0 Å². The van der Waals surface area contributed by atoms with Crippen LogP contribution in [-0.2, 0) is 65.4 Å². The Kier molecular flexibility index (Phi) is 39.1. The highest BCUT2D eigenvalue weighted by Gasteiger charge is 2.30. The van der Waals surface area contributed by atoms with E-state index < -0.39 is 97.5 Å². The molecule has 0 aliphatic carbocycles. The number of aliphatic hydroxyl groups excluding tert-OH is 1. The molecule has 0 bridgehead atoms. The standard InChI is InChI=1S/C44H84O17P2/c1-5-9-12-15-18-20-23-26-30-42(47)55-35-40(61-44(49)31-27-24-21-19-16-13-10-6-2)37-59-63(52,53)57-33-38(45)32-56-62(50,51)58-36-39(60-43(48)28-8-4)34-54-41(46)29-25-22-17-14-11-7-3/h38-40,45H,5-37H2,1-4H3,(H,50,51)(H,52,53)/t38-,39+,40+/m0/s1. The molecule has 0 rings (SSSR count). The first-order valence-electron chi connectivity index (χ1n) is 23.8. The van der Waals surface area contributed by atoms with Crippen LogP contribution in [0.1, 0.15) is 201 Å². The molecule has 0 aromatic rings. The summed E-state index contributed by atoms with van der Waals surface area (Å²) in [6.07, 6.45) is 19.2. The zero-order valence-electron chi connectivity index (χ0n) is 39.0. The van der Waals surface area contributed by atoms with Crippen LogP contribution in [0.4, 0.5) is 0 Å². The Morgan fingerprint density at radius 3 is 1.00 bits per heavy atom. The molecule has 0 amide bonds. The summed E-state index contributed by atoms with van der Waals surface area (Å²) in [6.45, 7) is 4.21. The average molecular weight is 947 g/mol. The number of esters is 4. The quantitative estimate of drug-likeness (QED) is 0.0223. The second kappa shape index (κ2) is 40.3. The number of hydrogen-bond donors (Lipinski definition) is 3. The third-order valence-electron chi connectivity index (χ3n) is 9.82. The molecule has 3 N–H and O–H groups in total. The van der Waals surface area contributed by atoms with Crippen LogP contribution < -0.4 is 0 Å².